The smallest absolute Gasteiger partial charge is 0.214 e. The van der Waals surface area contributed by atoms with Gasteiger partial charge in [0.1, 0.15) is 0 Å². The molecule has 6 nitrogen and oxygen atoms in total. The lowest BCUT2D eigenvalue weighted by Crippen LogP contribution is -2.50. The highest BCUT2D eigenvalue weighted by Gasteiger charge is 2.28. The van der Waals surface area contributed by atoms with Crippen LogP contribution in [0.4, 0.5) is 0 Å². The van der Waals surface area contributed by atoms with Crippen LogP contribution in [0.25, 0.3) is 0 Å². The molecule has 0 atom stereocenters. The van der Waals surface area contributed by atoms with E-state index in [4.69, 9.17) is 4.99 Å². The number of thiophene rings is 1. The van der Waals surface area contributed by atoms with E-state index in [0.29, 0.717) is 26.1 Å². The quantitative estimate of drug-likeness (QED) is 0.507. The van der Waals surface area contributed by atoms with E-state index < -0.39 is 10.0 Å². The molecule has 0 spiro atoms. The highest BCUT2D eigenvalue weighted by molar-refractivity contribution is 7.89. The zero-order valence-electron chi connectivity index (χ0n) is 17.0. The Bertz CT molecular complexity index is 691. The number of piperidine rings is 1. The molecule has 1 aromatic heterocycles. The van der Waals surface area contributed by atoms with Crippen molar-refractivity contribution in [3.63, 3.8) is 0 Å². The third-order valence-corrected chi connectivity index (χ3v) is 8.13. The molecule has 1 saturated heterocycles. The third-order valence-electron chi connectivity index (χ3n) is 4.82. The first-order valence-corrected chi connectivity index (χ1v) is 12.3. The molecule has 0 radical (unpaired) electrons. The maximum atomic E-state index is 12.2. The van der Waals surface area contributed by atoms with Gasteiger partial charge in [0, 0.05) is 36.0 Å². The standard InChI is InChI=1S/C19H34N4O2S2/c1-5-14-27(24,25)23-11-9-16(10-12-23)22-18(20-6-2)21-15-19(3,4)17-8-7-13-26-17/h7-8,13,16H,5-6,9-12,14-15H2,1-4H3,(H2,20,21,22). The van der Waals surface area contributed by atoms with Crippen LogP contribution in [0.5, 0.6) is 0 Å². The summed E-state index contributed by atoms with van der Waals surface area (Å²) in [5, 5.41) is 8.92. The van der Waals surface area contributed by atoms with E-state index in [-0.39, 0.29) is 17.2 Å². The molecule has 2 N–H and O–H groups in total. The van der Waals surface area contributed by atoms with Crippen molar-refractivity contribution in [2.75, 3.05) is 31.9 Å². The molecule has 1 aliphatic heterocycles. The molecule has 0 bridgehead atoms. The van der Waals surface area contributed by atoms with Gasteiger partial charge in [0.15, 0.2) is 5.96 Å². The fraction of sp³-hybridized carbons (Fsp3) is 0.737. The first kappa shape index (κ1) is 22.2. The van der Waals surface area contributed by atoms with E-state index in [1.807, 2.05) is 6.92 Å². The van der Waals surface area contributed by atoms with E-state index in [1.165, 1.54) is 4.88 Å². The molecule has 27 heavy (non-hydrogen) atoms. The molecule has 2 rings (SSSR count). The fourth-order valence-corrected chi connectivity index (χ4v) is 5.58. The first-order valence-electron chi connectivity index (χ1n) is 9.85. The summed E-state index contributed by atoms with van der Waals surface area (Å²) in [6, 6.07) is 4.49. The van der Waals surface area contributed by atoms with E-state index >= 15 is 0 Å². The van der Waals surface area contributed by atoms with Gasteiger partial charge < -0.3 is 10.6 Å². The van der Waals surface area contributed by atoms with Crippen LogP contribution in [0.3, 0.4) is 0 Å². The van der Waals surface area contributed by atoms with Crippen LogP contribution >= 0.6 is 11.3 Å². The van der Waals surface area contributed by atoms with Crippen molar-refractivity contribution in [2.24, 2.45) is 4.99 Å². The lowest BCUT2D eigenvalue weighted by Gasteiger charge is -2.32. The molecule has 0 amide bonds. The van der Waals surface area contributed by atoms with Crippen molar-refractivity contribution >= 4 is 27.3 Å². The summed E-state index contributed by atoms with van der Waals surface area (Å²) < 4.78 is 26.1. The minimum absolute atomic E-state index is 0.00584. The molecule has 1 aromatic rings. The second kappa shape index (κ2) is 9.89. The summed E-state index contributed by atoms with van der Waals surface area (Å²) in [5.41, 5.74) is -0.00584. The monoisotopic (exact) mass is 414 g/mol. The fourth-order valence-electron chi connectivity index (χ4n) is 3.20. The molecular formula is C19H34N4O2S2. The maximum absolute atomic E-state index is 12.2. The van der Waals surface area contributed by atoms with Crippen LogP contribution in [0, 0.1) is 0 Å². The van der Waals surface area contributed by atoms with Gasteiger partial charge in [-0.15, -0.1) is 11.3 Å². The van der Waals surface area contributed by atoms with E-state index in [1.54, 1.807) is 15.6 Å². The molecule has 8 heteroatoms. The van der Waals surface area contributed by atoms with E-state index in [9.17, 15) is 8.42 Å². The molecule has 1 fully saturated rings. The number of aliphatic imine (C=N–C) groups is 1. The zero-order valence-corrected chi connectivity index (χ0v) is 18.6. The van der Waals surface area contributed by atoms with Gasteiger partial charge in [-0.25, -0.2) is 12.7 Å². The van der Waals surface area contributed by atoms with E-state index in [2.05, 4.69) is 48.9 Å². The van der Waals surface area contributed by atoms with Gasteiger partial charge in [-0.2, -0.15) is 0 Å². The van der Waals surface area contributed by atoms with Crippen molar-refractivity contribution in [2.45, 2.75) is 58.4 Å². The molecule has 0 aliphatic carbocycles. The number of guanidine groups is 1. The Labute approximate surface area is 168 Å². The number of nitrogens with one attached hydrogen (secondary N) is 2. The Hall–Kier alpha value is -1.12. The molecule has 0 saturated carbocycles. The highest BCUT2D eigenvalue weighted by Crippen LogP contribution is 2.27. The lowest BCUT2D eigenvalue weighted by molar-refractivity contribution is 0.306. The van der Waals surface area contributed by atoms with Crippen LogP contribution in [-0.4, -0.2) is 56.7 Å². The highest BCUT2D eigenvalue weighted by atomic mass is 32.2. The Kier molecular flexibility index (Phi) is 8.12. The minimum atomic E-state index is -3.09. The third kappa shape index (κ3) is 6.47. The first-order chi connectivity index (χ1) is 12.8. The van der Waals surface area contributed by atoms with Gasteiger partial charge >= 0.3 is 0 Å². The maximum Gasteiger partial charge on any atom is 0.214 e. The average molecular weight is 415 g/mol. The van der Waals surface area contributed by atoms with Crippen LogP contribution in [-0.2, 0) is 15.4 Å². The topological polar surface area (TPSA) is 73.8 Å². The van der Waals surface area contributed by atoms with Crippen LogP contribution in [0.15, 0.2) is 22.5 Å². The molecule has 1 aliphatic rings. The Morgan fingerprint density at radius 3 is 2.59 bits per heavy atom. The van der Waals surface area contributed by atoms with Crippen molar-refractivity contribution in [1.29, 1.82) is 0 Å². The number of rotatable bonds is 8. The molecule has 2 heterocycles. The van der Waals surface area contributed by atoms with Gasteiger partial charge in [-0.05, 0) is 37.6 Å². The van der Waals surface area contributed by atoms with Crippen molar-refractivity contribution in [1.82, 2.24) is 14.9 Å². The number of sulfonamides is 1. The summed E-state index contributed by atoms with van der Waals surface area (Å²) in [6.07, 6.45) is 2.28. The Morgan fingerprint density at radius 1 is 1.33 bits per heavy atom. The van der Waals surface area contributed by atoms with Gasteiger partial charge in [-0.1, -0.05) is 26.8 Å². The van der Waals surface area contributed by atoms with Gasteiger partial charge in [0.2, 0.25) is 10.0 Å². The zero-order chi connectivity index (χ0) is 19.9. The van der Waals surface area contributed by atoms with E-state index in [0.717, 1.165) is 25.3 Å². The second-order valence-corrected chi connectivity index (χ2v) is 10.7. The van der Waals surface area contributed by atoms with Crippen molar-refractivity contribution in [3.8, 4) is 0 Å². The van der Waals surface area contributed by atoms with Gasteiger partial charge in [-0.3, -0.25) is 4.99 Å². The van der Waals surface area contributed by atoms with Crippen LogP contribution in [0.2, 0.25) is 0 Å². The Morgan fingerprint density at radius 2 is 2.04 bits per heavy atom. The van der Waals surface area contributed by atoms with Crippen LogP contribution < -0.4 is 10.6 Å². The summed E-state index contributed by atoms with van der Waals surface area (Å²) in [7, 11) is -3.09. The molecule has 154 valence electrons. The second-order valence-electron chi connectivity index (χ2n) is 7.69. The molecular weight excluding hydrogens is 380 g/mol. The summed E-state index contributed by atoms with van der Waals surface area (Å²) >= 11 is 1.76. The largest absolute Gasteiger partial charge is 0.357 e. The number of nitrogens with zero attached hydrogens (tertiary/aromatic N) is 2. The summed E-state index contributed by atoms with van der Waals surface area (Å²) in [6.45, 7) is 11.1. The number of hydrogen-bond acceptors (Lipinski definition) is 4. The molecule has 0 aromatic carbocycles. The van der Waals surface area contributed by atoms with Gasteiger partial charge in [0.25, 0.3) is 0 Å². The SMILES string of the molecule is CCCS(=O)(=O)N1CCC(NC(=NCC(C)(C)c2cccs2)NCC)CC1. The lowest BCUT2D eigenvalue weighted by atomic mass is 9.92. The average Bonchev–Trinajstić information content (AvgIpc) is 3.16. The summed E-state index contributed by atoms with van der Waals surface area (Å²) in [5.74, 6) is 1.06. The summed E-state index contributed by atoms with van der Waals surface area (Å²) in [4.78, 5) is 6.13. The normalized spacial score (nSPS) is 17.9. The minimum Gasteiger partial charge on any atom is -0.357 e. The predicted molar refractivity (Wildman–Crippen MR) is 115 cm³/mol. The predicted octanol–water partition coefficient (Wildman–Crippen LogP) is 2.79. The Balaban J connectivity index is 1.93. The molecule has 0 unspecified atom stereocenters. The van der Waals surface area contributed by atoms with Crippen molar-refractivity contribution in [3.05, 3.63) is 22.4 Å². The number of hydrogen-bond donors (Lipinski definition) is 2. The van der Waals surface area contributed by atoms with Gasteiger partial charge in [0.05, 0.1) is 12.3 Å². The van der Waals surface area contributed by atoms with Crippen LogP contribution in [0.1, 0.15) is 51.8 Å². The van der Waals surface area contributed by atoms with Crippen molar-refractivity contribution < 1.29 is 8.42 Å².